The highest BCUT2D eigenvalue weighted by Crippen LogP contribution is 2.54. The monoisotopic (exact) mass is 1440 g/mol. The molecule has 8 aromatic carbocycles. The fourth-order valence-electron chi connectivity index (χ4n) is 15.3. The number of halogens is 4. The Morgan fingerprint density at radius 1 is 0.500 bits per heavy atom. The molecule has 0 bridgehead atoms. The summed E-state index contributed by atoms with van der Waals surface area (Å²) >= 11 is 0. The first kappa shape index (κ1) is 71.2. The molecule has 0 saturated heterocycles. The van der Waals surface area contributed by atoms with Gasteiger partial charge in [0.05, 0.1) is 85.3 Å². The number of carboxylic acid groups (broad SMARTS) is 1. The Morgan fingerprint density at radius 2 is 0.830 bits per heavy atom. The molecule has 1 saturated carbocycles. The zero-order chi connectivity index (χ0) is 75.4. The lowest BCUT2D eigenvalue weighted by Crippen LogP contribution is -2.07. The van der Waals surface area contributed by atoms with Gasteiger partial charge in [-0.1, -0.05) is 68.0 Å². The van der Waals surface area contributed by atoms with Crippen LogP contribution >= 0.6 is 0 Å². The molecule has 5 N–H and O–H groups in total. The van der Waals surface area contributed by atoms with E-state index in [1.807, 2.05) is 79.2 Å². The van der Waals surface area contributed by atoms with Crippen LogP contribution in [0.1, 0.15) is 153 Å². The van der Waals surface area contributed by atoms with Gasteiger partial charge < -0.3 is 23.4 Å². The lowest BCUT2D eigenvalue weighted by molar-refractivity contribution is -0.138. The molecule has 16 aromatic rings. The Labute approximate surface area is 608 Å². The van der Waals surface area contributed by atoms with E-state index in [4.69, 9.17) is 0 Å². The molecule has 1 fully saturated rings. The van der Waals surface area contributed by atoms with Crippen LogP contribution in [0.25, 0.3) is 116 Å². The zero-order valence-corrected chi connectivity index (χ0v) is 61.7. The van der Waals surface area contributed by atoms with Crippen LogP contribution < -0.4 is 0 Å². The summed E-state index contributed by atoms with van der Waals surface area (Å²) in [5.41, 5.74) is 19.9. The van der Waals surface area contributed by atoms with Crippen molar-refractivity contribution < 1.29 is 35.9 Å². The number of H-pyrrole nitrogens is 4. The van der Waals surface area contributed by atoms with E-state index in [0.29, 0.717) is 56.1 Å². The number of aromatic amines is 4. The van der Waals surface area contributed by atoms with Crippen LogP contribution in [0.5, 0.6) is 0 Å². The van der Waals surface area contributed by atoms with Gasteiger partial charge in [-0.05, 0) is 207 Å². The van der Waals surface area contributed by atoms with E-state index in [9.17, 15) is 41.1 Å². The Morgan fingerprint density at radius 3 is 1.18 bits per heavy atom. The maximum absolute atomic E-state index is 14.0. The molecule has 22 heteroatoms. The minimum atomic E-state index is -3.49. The molecule has 17 nitrogen and oxygen atoms in total. The van der Waals surface area contributed by atoms with Gasteiger partial charge in [0.1, 0.15) is 29.3 Å². The average Bonchev–Trinajstić information content (AvgIpc) is 1.56. The Bertz CT molecular complexity index is 6400. The molecule has 0 spiro atoms. The molecule has 2 atom stereocenters. The van der Waals surface area contributed by atoms with E-state index < -0.39 is 15.8 Å². The maximum Gasteiger partial charge on any atom is 0.307 e. The van der Waals surface area contributed by atoms with Crippen molar-refractivity contribution in [3.8, 4) is 28.8 Å². The number of sulfone groups is 1. The van der Waals surface area contributed by atoms with Crippen LogP contribution in [-0.2, 0) is 14.6 Å². The number of hydrogen-bond acceptors (Lipinski definition) is 8. The number of aromatic nitrogens is 12. The second kappa shape index (κ2) is 27.3. The van der Waals surface area contributed by atoms with Gasteiger partial charge in [-0.2, -0.15) is 25.7 Å². The molecule has 538 valence electrons. The molecule has 106 heavy (non-hydrogen) atoms. The van der Waals surface area contributed by atoms with E-state index in [1.54, 1.807) is 70.6 Å². The number of aliphatic carboxylic acids is 1. The van der Waals surface area contributed by atoms with E-state index in [-0.39, 0.29) is 52.9 Å². The predicted molar refractivity (Wildman–Crippen MR) is 413 cm³/mol. The van der Waals surface area contributed by atoms with E-state index in [2.05, 4.69) is 133 Å². The van der Waals surface area contributed by atoms with Crippen LogP contribution in [-0.4, -0.2) is 84.8 Å². The first-order valence-electron chi connectivity index (χ1n) is 35.1. The molecular weight excluding hydrogens is 1360 g/mol. The van der Waals surface area contributed by atoms with Gasteiger partial charge in [-0.25, -0.2) is 26.0 Å². The molecule has 0 aliphatic heterocycles. The Hall–Kier alpha value is -11.8. The van der Waals surface area contributed by atoms with Gasteiger partial charge in [0.2, 0.25) is 0 Å². The number of carbonyl (C=O) groups is 1. The molecule has 0 radical (unpaired) electrons. The number of nitriles is 1. The van der Waals surface area contributed by atoms with Gasteiger partial charge in [0.15, 0.2) is 9.84 Å². The molecule has 1 aliphatic carbocycles. The summed E-state index contributed by atoms with van der Waals surface area (Å²) < 4.78 is 89.1. The minimum Gasteiger partial charge on any atom is -0.481 e. The summed E-state index contributed by atoms with van der Waals surface area (Å²) in [4.78, 5) is 11.9. The van der Waals surface area contributed by atoms with E-state index >= 15 is 0 Å². The summed E-state index contributed by atoms with van der Waals surface area (Å²) in [6, 6.07) is 38.8. The largest absolute Gasteiger partial charge is 0.481 e. The van der Waals surface area contributed by atoms with Gasteiger partial charge in [0.25, 0.3) is 0 Å². The third kappa shape index (κ3) is 12.4. The van der Waals surface area contributed by atoms with Crippen molar-refractivity contribution in [2.45, 2.75) is 124 Å². The second-order valence-electron chi connectivity index (χ2n) is 28.9. The number of benzene rings is 8. The first-order valence-corrected chi connectivity index (χ1v) is 37.0. The highest BCUT2D eigenvalue weighted by atomic mass is 32.2. The number of hydrogen-bond donors (Lipinski definition) is 5. The van der Waals surface area contributed by atoms with E-state index in [1.165, 1.54) is 36.2 Å². The normalized spacial score (nSPS) is 13.8. The predicted octanol–water partition coefficient (Wildman–Crippen LogP) is 20.4. The summed E-state index contributed by atoms with van der Waals surface area (Å²) in [6.45, 7) is 27.7. The smallest absolute Gasteiger partial charge is 0.307 e. The summed E-state index contributed by atoms with van der Waals surface area (Å²) in [7, 11) is -3.49. The lowest BCUT2D eigenvalue weighted by Gasteiger charge is -2.16. The van der Waals surface area contributed by atoms with Gasteiger partial charge in [0, 0.05) is 106 Å². The highest BCUT2D eigenvalue weighted by Gasteiger charge is 2.47. The SMILES string of the molecule is C=Cc1c(C(C)C)n(-c2ccc(F)c(C)c2)c2cc3cn[nH]c3cc12.Cc1cc(-n2c(C(C)C)c(C#N)c3cc4[nH]ncc4cc32)ccc1F.Cc1cc(-n2c(C(C)C)c(C3CC3C(=O)O)c3cc4[nH]ncc4cc32)ccc1F.Cc1cc(-n2c(C(C)C)c(S(C)(=O)=O)c3cc4[nH]ncc4cc32)ccc1F. The highest BCUT2D eigenvalue weighted by molar-refractivity contribution is 7.91. The Kier molecular flexibility index (Phi) is 18.4. The van der Waals surface area contributed by atoms with Crippen LogP contribution in [0.2, 0.25) is 0 Å². The van der Waals surface area contributed by atoms with Crippen molar-refractivity contribution in [2.24, 2.45) is 5.92 Å². The lowest BCUT2D eigenvalue weighted by atomic mass is 9.98. The number of carboxylic acids is 1. The first-order chi connectivity index (χ1) is 50.6. The second-order valence-corrected chi connectivity index (χ2v) is 30.9. The molecule has 8 aromatic heterocycles. The van der Waals surface area contributed by atoms with Crippen molar-refractivity contribution in [1.29, 1.82) is 5.26 Å². The van der Waals surface area contributed by atoms with Crippen molar-refractivity contribution in [3.05, 3.63) is 238 Å². The number of aryl methyl sites for hydroxylation is 4. The summed E-state index contributed by atoms with van der Waals surface area (Å²) in [5, 5.41) is 55.3. The van der Waals surface area contributed by atoms with Crippen molar-refractivity contribution in [2.75, 3.05) is 6.26 Å². The number of nitrogens with one attached hydrogen (secondary N) is 4. The van der Waals surface area contributed by atoms with Crippen molar-refractivity contribution >= 4 is 109 Å². The molecule has 2 unspecified atom stereocenters. The van der Waals surface area contributed by atoms with Crippen LogP contribution in [0, 0.1) is 68.2 Å². The quantitative estimate of drug-likeness (QED) is 0.0732. The standard InChI is InChI=1S/C23H22FN3O2.C21H20FN3.C20H17FN4.C20H20FN3O2S/c1-11(2)22-21(15-8-16(15)23(28)29)17-9-19-13(10-25-26-19)7-20(17)27(22)14-4-5-18(24)12(3)6-14;1-5-16-17-10-19-14(11-23-24-19)9-20(17)25(21(16)12(2)3)15-6-7-18(22)13(4)8-15;1-11(2)20-16(9-22)15-8-18-13(10-23-24-18)7-19(15)25(20)14-4-5-17(21)12(3)6-14;1-11(2)19-20(27(4,25)26)15-9-17-13(10-22-23-17)8-18(15)24(19)14-5-6-16(21)12(3)7-14/h4-7,9-11,15-16H,8H2,1-3H3,(H,25,26)(H,28,29);5-12H,1H2,2-4H3,(H,23,24);4-8,10-11H,1-3H3,(H,23,24);5-11H,1-4H3,(H,22,23). The van der Waals surface area contributed by atoms with Gasteiger partial charge in [-0.3, -0.25) is 25.2 Å². The third-order valence-electron chi connectivity index (χ3n) is 20.2. The third-order valence-corrected chi connectivity index (χ3v) is 21.4. The van der Waals surface area contributed by atoms with Crippen LogP contribution in [0.3, 0.4) is 0 Å². The van der Waals surface area contributed by atoms with Gasteiger partial charge in [-0.15, -0.1) is 0 Å². The molecular formula is C84H79F4N13O4S. The van der Waals surface area contributed by atoms with Crippen molar-refractivity contribution in [3.63, 3.8) is 0 Å². The maximum atomic E-state index is 14.0. The topological polar surface area (TPSA) is 230 Å². The molecule has 8 heterocycles. The molecule has 1 aliphatic rings. The summed E-state index contributed by atoms with van der Waals surface area (Å²) in [5.74, 6) is -1.48. The van der Waals surface area contributed by atoms with Crippen LogP contribution in [0.4, 0.5) is 17.6 Å². The summed E-state index contributed by atoms with van der Waals surface area (Å²) in [6.07, 6.45) is 10.9. The number of nitrogens with zero attached hydrogens (tertiary/aromatic N) is 9. The minimum absolute atomic E-state index is 0.00410. The van der Waals surface area contributed by atoms with Crippen LogP contribution in [0.15, 0.2) is 158 Å². The zero-order valence-electron chi connectivity index (χ0n) is 60.9. The fraction of sp³-hybridized carbons (Fsp3) is 0.238. The van der Waals surface area contributed by atoms with E-state index in [0.717, 1.165) is 127 Å². The van der Waals surface area contributed by atoms with Gasteiger partial charge >= 0.3 is 5.97 Å². The Balaban J connectivity index is 0.000000119. The molecule has 0 amide bonds. The fourth-order valence-corrected chi connectivity index (χ4v) is 16.6. The number of fused-ring (bicyclic) bond motifs is 8. The molecule has 17 rings (SSSR count). The number of rotatable bonds is 12. The average molecular weight is 1440 g/mol. The van der Waals surface area contributed by atoms with Crippen molar-refractivity contribution in [1.82, 2.24) is 59.1 Å².